The smallest absolute Gasteiger partial charge is 0.410 e. The minimum atomic E-state index is -1.97. The van der Waals surface area contributed by atoms with Crippen LogP contribution in [-0.2, 0) is 20.5 Å². The topological polar surface area (TPSA) is 57.2 Å². The maximum absolute atomic E-state index is 13.1. The van der Waals surface area contributed by atoms with Crippen molar-refractivity contribution in [2.75, 3.05) is 13.2 Å². The molecule has 0 N–H and O–H groups in total. The lowest BCUT2D eigenvalue weighted by Crippen LogP contribution is -2.48. The Morgan fingerprint density at radius 3 is 2.45 bits per heavy atom. The molecule has 2 atom stereocenters. The first kappa shape index (κ1) is 26.0. The van der Waals surface area contributed by atoms with Gasteiger partial charge in [-0.3, -0.25) is 0 Å². The van der Waals surface area contributed by atoms with Crippen LogP contribution in [0.3, 0.4) is 0 Å². The molecule has 2 heterocycles. The average Bonchev–Trinajstić information content (AvgIpc) is 3.07. The summed E-state index contributed by atoms with van der Waals surface area (Å²) in [5, 5.41) is 0.102. The van der Waals surface area contributed by atoms with Gasteiger partial charge in [-0.25, -0.2) is 4.79 Å². The van der Waals surface area contributed by atoms with Gasteiger partial charge in [-0.2, -0.15) is 0 Å². The monoisotopic (exact) mass is 477 g/mol. The summed E-state index contributed by atoms with van der Waals surface area (Å²) >= 11 is 0. The molecule has 2 aliphatic rings. The van der Waals surface area contributed by atoms with Crippen molar-refractivity contribution >= 4 is 14.4 Å². The van der Waals surface area contributed by atoms with Gasteiger partial charge >= 0.3 is 6.09 Å². The molecule has 7 heteroatoms. The van der Waals surface area contributed by atoms with E-state index in [1.54, 1.807) is 0 Å². The molecule has 186 valence electrons. The van der Waals surface area contributed by atoms with Crippen LogP contribution in [0.25, 0.3) is 0 Å². The Hall–Kier alpha value is -1.57. The van der Waals surface area contributed by atoms with E-state index in [-0.39, 0.29) is 23.1 Å². The second-order valence-corrected chi connectivity index (χ2v) is 17.2. The molecule has 2 aliphatic heterocycles. The Labute approximate surface area is 201 Å². The Balaban J connectivity index is 1.87. The minimum Gasteiger partial charge on any atom is -0.463 e. The third-order valence-electron chi connectivity index (χ3n) is 7.04. The number of benzene rings is 1. The fourth-order valence-corrected chi connectivity index (χ4v) is 5.11. The normalized spacial score (nSPS) is 23.2. The molecule has 0 saturated carbocycles. The van der Waals surface area contributed by atoms with E-state index in [1.807, 2.05) is 45.6 Å². The van der Waals surface area contributed by atoms with Gasteiger partial charge in [0, 0.05) is 31.9 Å². The second kappa shape index (κ2) is 8.89. The van der Waals surface area contributed by atoms with E-state index in [9.17, 15) is 4.79 Å². The number of hydrogen-bond acceptors (Lipinski definition) is 5. The summed E-state index contributed by atoms with van der Waals surface area (Å²) < 4.78 is 24.2. The summed E-state index contributed by atoms with van der Waals surface area (Å²) in [5.74, 6) is 0.420. The Morgan fingerprint density at radius 2 is 1.85 bits per heavy atom. The molecule has 0 unspecified atom stereocenters. The average molecular weight is 478 g/mol. The van der Waals surface area contributed by atoms with E-state index in [4.69, 9.17) is 18.6 Å². The van der Waals surface area contributed by atoms with Crippen LogP contribution >= 0.6 is 0 Å². The highest BCUT2D eigenvalue weighted by molar-refractivity contribution is 6.74. The highest BCUT2D eigenvalue weighted by Gasteiger charge is 2.43. The van der Waals surface area contributed by atoms with Gasteiger partial charge in [-0.15, -0.1) is 0 Å². The number of likely N-dealkylation sites (tertiary alicyclic amines) is 1. The van der Waals surface area contributed by atoms with Crippen LogP contribution in [0.1, 0.15) is 78.9 Å². The molecular formula is C26H43NO5Si. The number of rotatable bonds is 4. The van der Waals surface area contributed by atoms with Gasteiger partial charge in [-0.1, -0.05) is 26.8 Å². The van der Waals surface area contributed by atoms with Crippen molar-refractivity contribution in [2.45, 2.75) is 110 Å². The van der Waals surface area contributed by atoms with Gasteiger partial charge in [-0.05, 0) is 63.0 Å². The number of carbonyl (C=O) groups is 1. The predicted molar refractivity (Wildman–Crippen MR) is 133 cm³/mol. The van der Waals surface area contributed by atoms with Gasteiger partial charge in [0.15, 0.2) is 8.32 Å². The zero-order chi connectivity index (χ0) is 24.8. The molecule has 3 rings (SSSR count). The maximum Gasteiger partial charge on any atom is 0.410 e. The largest absolute Gasteiger partial charge is 0.463 e. The Morgan fingerprint density at radius 1 is 1.18 bits per heavy atom. The van der Waals surface area contributed by atoms with Crippen molar-refractivity contribution in [1.82, 2.24) is 4.90 Å². The second-order valence-electron chi connectivity index (χ2n) is 12.4. The van der Waals surface area contributed by atoms with E-state index >= 15 is 0 Å². The van der Waals surface area contributed by atoms with Crippen molar-refractivity contribution in [3.63, 3.8) is 0 Å². The first-order valence-corrected chi connectivity index (χ1v) is 15.0. The summed E-state index contributed by atoms with van der Waals surface area (Å²) in [6.07, 6.45) is 0.608. The summed E-state index contributed by atoms with van der Waals surface area (Å²) in [4.78, 5) is 15.0. The summed E-state index contributed by atoms with van der Waals surface area (Å²) in [6, 6.07) is 6.26. The van der Waals surface area contributed by atoms with E-state index < -0.39 is 19.7 Å². The highest BCUT2D eigenvalue weighted by atomic mass is 28.4. The summed E-state index contributed by atoms with van der Waals surface area (Å²) in [7, 11) is -1.97. The lowest BCUT2D eigenvalue weighted by molar-refractivity contribution is -0.180. The highest BCUT2D eigenvalue weighted by Crippen LogP contribution is 2.41. The molecule has 1 aromatic rings. The Kier molecular flexibility index (Phi) is 7.02. The van der Waals surface area contributed by atoms with Gasteiger partial charge in [0.25, 0.3) is 0 Å². The first-order chi connectivity index (χ1) is 15.0. The molecule has 1 aromatic carbocycles. The van der Waals surface area contributed by atoms with Crippen LogP contribution < -0.4 is 4.74 Å². The molecule has 1 saturated heterocycles. The van der Waals surface area contributed by atoms with Crippen molar-refractivity contribution in [3.05, 3.63) is 29.3 Å². The molecule has 0 spiro atoms. The molecule has 33 heavy (non-hydrogen) atoms. The number of nitrogens with zero attached hydrogens (tertiary/aromatic N) is 1. The summed E-state index contributed by atoms with van der Waals surface area (Å²) in [5.41, 5.74) is 1.70. The quantitative estimate of drug-likeness (QED) is 0.467. The standard InChI is InChI=1S/C26H43NO5Si/c1-24(2,3)32-23(28)27-14-13-20(21(27)17-30-33(9,10)25(4,5)6)18-11-12-22-19(15-18)16-29-26(7,8)31-22/h11-12,15,20-21H,13-14,16-17H2,1-10H3/t20-,21-/m1/s1. The van der Waals surface area contributed by atoms with E-state index in [2.05, 4.69) is 46.0 Å². The van der Waals surface area contributed by atoms with Crippen molar-refractivity contribution in [3.8, 4) is 5.75 Å². The predicted octanol–water partition coefficient (Wildman–Crippen LogP) is 6.45. The molecule has 1 fully saturated rings. The van der Waals surface area contributed by atoms with Gasteiger partial charge in [0.05, 0.1) is 19.3 Å². The third kappa shape index (κ3) is 6.11. The van der Waals surface area contributed by atoms with E-state index in [0.717, 1.165) is 17.7 Å². The number of ether oxygens (including phenoxy) is 3. The molecule has 6 nitrogen and oxygen atoms in total. The minimum absolute atomic E-state index is 0.0751. The third-order valence-corrected chi connectivity index (χ3v) is 11.5. The molecule has 0 aliphatic carbocycles. The number of fused-ring (bicyclic) bond motifs is 1. The van der Waals surface area contributed by atoms with Crippen molar-refractivity contribution in [2.24, 2.45) is 0 Å². The first-order valence-electron chi connectivity index (χ1n) is 12.1. The SMILES string of the molecule is CC(C)(C)OC(=O)N1CC[C@H](c2ccc3c(c2)COC(C)(C)O3)[C@H]1CO[Si](C)(C)C(C)(C)C. The number of hydrogen-bond donors (Lipinski definition) is 0. The van der Waals surface area contributed by atoms with E-state index in [1.165, 1.54) is 5.56 Å². The van der Waals surface area contributed by atoms with Crippen LogP contribution in [0.4, 0.5) is 4.79 Å². The fraction of sp³-hybridized carbons (Fsp3) is 0.731. The number of carbonyl (C=O) groups excluding carboxylic acids is 1. The Bertz CT molecular complexity index is 868. The molecule has 1 amide bonds. The lowest BCUT2D eigenvalue weighted by Gasteiger charge is -2.39. The van der Waals surface area contributed by atoms with Gasteiger partial charge < -0.3 is 23.5 Å². The van der Waals surface area contributed by atoms with Crippen LogP contribution in [-0.4, -0.2) is 49.9 Å². The molecule has 0 radical (unpaired) electrons. The molecular weight excluding hydrogens is 434 g/mol. The van der Waals surface area contributed by atoms with Gasteiger partial charge in [0.1, 0.15) is 11.4 Å². The zero-order valence-corrected chi connectivity index (χ0v) is 23.2. The maximum atomic E-state index is 13.1. The summed E-state index contributed by atoms with van der Waals surface area (Å²) in [6.45, 7) is 22.5. The van der Waals surface area contributed by atoms with Crippen LogP contribution in [0.15, 0.2) is 18.2 Å². The van der Waals surface area contributed by atoms with Crippen LogP contribution in [0.5, 0.6) is 5.75 Å². The van der Waals surface area contributed by atoms with Crippen LogP contribution in [0, 0.1) is 0 Å². The van der Waals surface area contributed by atoms with Crippen LogP contribution in [0.2, 0.25) is 18.1 Å². The van der Waals surface area contributed by atoms with Crippen molar-refractivity contribution in [1.29, 1.82) is 0 Å². The van der Waals surface area contributed by atoms with Gasteiger partial charge in [0.2, 0.25) is 5.79 Å². The molecule has 0 aromatic heterocycles. The van der Waals surface area contributed by atoms with Crippen molar-refractivity contribution < 1.29 is 23.4 Å². The molecule has 0 bridgehead atoms. The fourth-order valence-electron chi connectivity index (χ4n) is 4.09. The lowest BCUT2D eigenvalue weighted by atomic mass is 9.90. The van der Waals surface area contributed by atoms with E-state index in [0.29, 0.717) is 19.8 Å². The zero-order valence-electron chi connectivity index (χ0n) is 22.2. The number of amides is 1.